The summed E-state index contributed by atoms with van der Waals surface area (Å²) in [5.74, 6) is 0.850. The standard InChI is InChI=1S/C13H22N2O4S/c1-9(14)5-6-10-7-11(15-20(4,16)17)13(19-3)12(8-10)18-2/h7-9,15H,5-6,14H2,1-4H3. The van der Waals surface area contributed by atoms with Gasteiger partial charge in [0.2, 0.25) is 10.0 Å². The maximum Gasteiger partial charge on any atom is 0.229 e. The maximum atomic E-state index is 11.4. The van der Waals surface area contributed by atoms with Crippen molar-refractivity contribution in [1.82, 2.24) is 0 Å². The minimum Gasteiger partial charge on any atom is -0.493 e. The first-order chi connectivity index (χ1) is 9.26. The Labute approximate surface area is 120 Å². The molecule has 0 radical (unpaired) electrons. The van der Waals surface area contributed by atoms with Crippen molar-refractivity contribution in [2.24, 2.45) is 5.73 Å². The van der Waals surface area contributed by atoms with E-state index in [4.69, 9.17) is 15.2 Å². The van der Waals surface area contributed by atoms with Crippen molar-refractivity contribution in [1.29, 1.82) is 0 Å². The molecule has 3 N–H and O–H groups in total. The summed E-state index contributed by atoms with van der Waals surface area (Å²) in [5, 5.41) is 0. The van der Waals surface area contributed by atoms with Crippen LogP contribution < -0.4 is 19.9 Å². The number of nitrogens with two attached hydrogens (primary N) is 1. The zero-order valence-corrected chi connectivity index (χ0v) is 13.1. The quantitative estimate of drug-likeness (QED) is 0.793. The van der Waals surface area contributed by atoms with Gasteiger partial charge in [0, 0.05) is 6.04 Å². The van der Waals surface area contributed by atoms with Crippen LogP contribution in [0.5, 0.6) is 11.5 Å². The molecule has 1 aromatic rings. The van der Waals surface area contributed by atoms with Crippen molar-refractivity contribution in [3.05, 3.63) is 17.7 Å². The van der Waals surface area contributed by atoms with Gasteiger partial charge >= 0.3 is 0 Å². The average molecular weight is 302 g/mol. The molecule has 1 atom stereocenters. The number of aryl methyl sites for hydroxylation is 1. The SMILES string of the molecule is COc1cc(CCC(C)N)cc(NS(C)(=O)=O)c1OC. The molecule has 0 amide bonds. The molecule has 6 nitrogen and oxygen atoms in total. The summed E-state index contributed by atoms with van der Waals surface area (Å²) in [6, 6.07) is 3.65. The molecule has 0 bridgehead atoms. The smallest absolute Gasteiger partial charge is 0.229 e. The van der Waals surface area contributed by atoms with Crippen LogP contribution in [0.3, 0.4) is 0 Å². The third-order valence-corrected chi connectivity index (χ3v) is 3.31. The lowest BCUT2D eigenvalue weighted by molar-refractivity contribution is 0.356. The van der Waals surface area contributed by atoms with E-state index in [1.54, 1.807) is 6.07 Å². The lowest BCUT2D eigenvalue weighted by Crippen LogP contribution is -2.15. The Bertz CT molecular complexity index is 556. The van der Waals surface area contributed by atoms with Gasteiger partial charge in [-0.05, 0) is 37.5 Å². The van der Waals surface area contributed by atoms with Gasteiger partial charge in [-0.2, -0.15) is 0 Å². The Balaban J connectivity index is 3.20. The largest absolute Gasteiger partial charge is 0.493 e. The molecule has 0 fully saturated rings. The number of anilines is 1. The van der Waals surface area contributed by atoms with Crippen LogP contribution in [-0.4, -0.2) is 34.9 Å². The molecule has 20 heavy (non-hydrogen) atoms. The number of nitrogens with one attached hydrogen (secondary N) is 1. The van der Waals surface area contributed by atoms with Gasteiger partial charge in [-0.15, -0.1) is 0 Å². The summed E-state index contributed by atoms with van der Waals surface area (Å²) in [7, 11) is -0.416. The van der Waals surface area contributed by atoms with Crippen molar-refractivity contribution < 1.29 is 17.9 Å². The van der Waals surface area contributed by atoms with Crippen LogP contribution in [-0.2, 0) is 16.4 Å². The zero-order chi connectivity index (χ0) is 15.3. The molecule has 114 valence electrons. The molecule has 0 heterocycles. The Kier molecular flexibility index (Phi) is 5.64. The molecule has 1 aromatic carbocycles. The topological polar surface area (TPSA) is 90.6 Å². The van der Waals surface area contributed by atoms with E-state index in [2.05, 4.69) is 4.72 Å². The molecule has 0 saturated heterocycles. The molecular weight excluding hydrogens is 280 g/mol. The highest BCUT2D eigenvalue weighted by Crippen LogP contribution is 2.37. The van der Waals surface area contributed by atoms with E-state index in [0.29, 0.717) is 17.2 Å². The van der Waals surface area contributed by atoms with Crippen LogP contribution >= 0.6 is 0 Å². The van der Waals surface area contributed by atoms with Gasteiger partial charge in [0.05, 0.1) is 26.2 Å². The van der Waals surface area contributed by atoms with Gasteiger partial charge < -0.3 is 15.2 Å². The van der Waals surface area contributed by atoms with Crippen LogP contribution in [0.4, 0.5) is 5.69 Å². The molecular formula is C13H22N2O4S. The highest BCUT2D eigenvalue weighted by atomic mass is 32.2. The first-order valence-corrected chi connectivity index (χ1v) is 8.14. The number of hydrogen-bond acceptors (Lipinski definition) is 5. The molecule has 0 saturated carbocycles. The minimum atomic E-state index is -3.39. The van der Waals surface area contributed by atoms with E-state index in [1.165, 1.54) is 14.2 Å². The fraction of sp³-hybridized carbons (Fsp3) is 0.538. The number of sulfonamides is 1. The Morgan fingerprint density at radius 1 is 1.30 bits per heavy atom. The summed E-state index contributed by atoms with van der Waals surface area (Å²) in [4.78, 5) is 0. The van der Waals surface area contributed by atoms with E-state index in [1.807, 2.05) is 13.0 Å². The van der Waals surface area contributed by atoms with Gasteiger partial charge in [0.1, 0.15) is 0 Å². The third kappa shape index (κ3) is 4.90. The molecule has 0 spiro atoms. The number of benzene rings is 1. The van der Waals surface area contributed by atoms with Crippen molar-refractivity contribution in [3.8, 4) is 11.5 Å². The van der Waals surface area contributed by atoms with Crippen LogP contribution in [0.2, 0.25) is 0 Å². The molecule has 1 rings (SSSR count). The van der Waals surface area contributed by atoms with Crippen molar-refractivity contribution in [2.75, 3.05) is 25.2 Å². The van der Waals surface area contributed by atoms with E-state index >= 15 is 0 Å². The van der Waals surface area contributed by atoms with E-state index in [9.17, 15) is 8.42 Å². The first-order valence-electron chi connectivity index (χ1n) is 6.25. The van der Waals surface area contributed by atoms with Crippen molar-refractivity contribution in [2.45, 2.75) is 25.8 Å². The number of ether oxygens (including phenoxy) is 2. The van der Waals surface area contributed by atoms with Gasteiger partial charge in [-0.25, -0.2) is 8.42 Å². The third-order valence-electron chi connectivity index (χ3n) is 2.72. The summed E-state index contributed by atoms with van der Waals surface area (Å²) in [6.07, 6.45) is 2.62. The molecule has 7 heteroatoms. The Morgan fingerprint density at radius 3 is 2.40 bits per heavy atom. The second-order valence-corrected chi connectivity index (χ2v) is 6.52. The van der Waals surface area contributed by atoms with Gasteiger partial charge in [-0.3, -0.25) is 4.72 Å². The molecule has 1 unspecified atom stereocenters. The van der Waals surface area contributed by atoms with E-state index in [-0.39, 0.29) is 6.04 Å². The molecule has 0 aliphatic carbocycles. The lowest BCUT2D eigenvalue weighted by atomic mass is 10.0. The predicted molar refractivity (Wildman–Crippen MR) is 80.0 cm³/mol. The predicted octanol–water partition coefficient (Wildman–Crippen LogP) is 1.36. The van der Waals surface area contributed by atoms with E-state index < -0.39 is 10.0 Å². The molecule has 0 aliphatic heterocycles. The number of methoxy groups -OCH3 is 2. The van der Waals surface area contributed by atoms with E-state index in [0.717, 1.165) is 24.7 Å². The highest BCUT2D eigenvalue weighted by molar-refractivity contribution is 7.92. The number of hydrogen-bond donors (Lipinski definition) is 2. The van der Waals surface area contributed by atoms with Gasteiger partial charge in [0.25, 0.3) is 0 Å². The fourth-order valence-electron chi connectivity index (χ4n) is 1.84. The van der Waals surface area contributed by atoms with Crippen LogP contribution in [0.1, 0.15) is 18.9 Å². The van der Waals surface area contributed by atoms with Crippen LogP contribution in [0.15, 0.2) is 12.1 Å². The monoisotopic (exact) mass is 302 g/mol. The van der Waals surface area contributed by atoms with Crippen molar-refractivity contribution >= 4 is 15.7 Å². The first kappa shape index (κ1) is 16.6. The Morgan fingerprint density at radius 2 is 1.95 bits per heavy atom. The minimum absolute atomic E-state index is 0.0782. The summed E-state index contributed by atoms with van der Waals surface area (Å²) in [6.45, 7) is 1.93. The fourth-order valence-corrected chi connectivity index (χ4v) is 2.39. The average Bonchev–Trinajstić information content (AvgIpc) is 2.33. The summed E-state index contributed by atoms with van der Waals surface area (Å²) < 4.78 is 35.7. The Hall–Kier alpha value is -1.47. The summed E-state index contributed by atoms with van der Waals surface area (Å²) >= 11 is 0. The summed E-state index contributed by atoms with van der Waals surface area (Å²) in [5.41, 5.74) is 7.04. The maximum absolute atomic E-state index is 11.4. The van der Waals surface area contributed by atoms with Gasteiger partial charge in [0.15, 0.2) is 11.5 Å². The number of rotatable bonds is 7. The van der Waals surface area contributed by atoms with Gasteiger partial charge in [-0.1, -0.05) is 0 Å². The normalized spacial score (nSPS) is 12.8. The van der Waals surface area contributed by atoms with Crippen molar-refractivity contribution in [3.63, 3.8) is 0 Å². The molecule has 0 aromatic heterocycles. The zero-order valence-electron chi connectivity index (χ0n) is 12.3. The highest BCUT2D eigenvalue weighted by Gasteiger charge is 2.15. The second-order valence-electron chi connectivity index (χ2n) is 4.77. The molecule has 0 aliphatic rings. The van der Waals surface area contributed by atoms with Crippen LogP contribution in [0.25, 0.3) is 0 Å². The lowest BCUT2D eigenvalue weighted by Gasteiger charge is -2.16. The second kappa shape index (κ2) is 6.81. The van der Waals surface area contributed by atoms with Crippen LogP contribution in [0, 0.1) is 0 Å².